The Bertz CT molecular complexity index is 240. The molecule has 5 nitrogen and oxygen atoms in total. The van der Waals surface area contributed by atoms with Crippen molar-refractivity contribution in [3.05, 3.63) is 5.82 Å². The summed E-state index contributed by atoms with van der Waals surface area (Å²) in [4.78, 5) is 0. The number of hydrogen-bond acceptors (Lipinski definition) is 4. The lowest BCUT2D eigenvalue weighted by molar-refractivity contribution is 0.509. The van der Waals surface area contributed by atoms with Gasteiger partial charge in [0.05, 0.1) is 6.54 Å². The van der Waals surface area contributed by atoms with E-state index in [1.54, 1.807) is 0 Å². The molecule has 1 aliphatic rings. The molecule has 0 saturated heterocycles. The van der Waals surface area contributed by atoms with Gasteiger partial charge < -0.3 is 11.1 Å². The number of aromatic nitrogens is 3. The van der Waals surface area contributed by atoms with Crippen LogP contribution in [0.25, 0.3) is 0 Å². The maximum absolute atomic E-state index is 5.52. The minimum atomic E-state index is 0.525. The summed E-state index contributed by atoms with van der Waals surface area (Å²) in [5.74, 6) is 1.46. The SMILES string of the molecule is Nc1nnc2n1CCNC2. The number of anilines is 1. The van der Waals surface area contributed by atoms with Gasteiger partial charge in [0.15, 0.2) is 0 Å². The number of nitrogens with one attached hydrogen (secondary N) is 1. The van der Waals surface area contributed by atoms with E-state index in [0.717, 1.165) is 25.5 Å². The summed E-state index contributed by atoms with van der Waals surface area (Å²) >= 11 is 0. The maximum atomic E-state index is 5.52. The summed E-state index contributed by atoms with van der Waals surface area (Å²) in [5.41, 5.74) is 5.52. The van der Waals surface area contributed by atoms with E-state index in [1.165, 1.54) is 0 Å². The van der Waals surface area contributed by atoms with Gasteiger partial charge in [-0.05, 0) is 0 Å². The van der Waals surface area contributed by atoms with Gasteiger partial charge in [0.2, 0.25) is 5.95 Å². The number of rotatable bonds is 0. The topological polar surface area (TPSA) is 68.8 Å². The first-order valence-corrected chi connectivity index (χ1v) is 3.26. The molecule has 1 aromatic rings. The maximum Gasteiger partial charge on any atom is 0.222 e. The number of nitrogens with zero attached hydrogens (tertiary/aromatic N) is 3. The van der Waals surface area contributed by atoms with Crippen LogP contribution in [0.4, 0.5) is 5.95 Å². The smallest absolute Gasteiger partial charge is 0.222 e. The van der Waals surface area contributed by atoms with Crippen LogP contribution in [-0.4, -0.2) is 21.3 Å². The zero-order valence-corrected chi connectivity index (χ0v) is 5.54. The van der Waals surface area contributed by atoms with Gasteiger partial charge >= 0.3 is 0 Å². The van der Waals surface area contributed by atoms with Gasteiger partial charge in [-0.1, -0.05) is 0 Å². The highest BCUT2D eigenvalue weighted by Crippen LogP contribution is 2.05. The molecule has 10 heavy (non-hydrogen) atoms. The van der Waals surface area contributed by atoms with Gasteiger partial charge in [0.1, 0.15) is 5.82 Å². The summed E-state index contributed by atoms with van der Waals surface area (Å²) in [7, 11) is 0. The Morgan fingerprint density at radius 1 is 1.50 bits per heavy atom. The standard InChI is InChI=1S/C5H9N5/c6-5-9-8-4-3-7-1-2-10(4)5/h7H,1-3H2,(H2,6,9). The van der Waals surface area contributed by atoms with Gasteiger partial charge in [-0.25, -0.2) is 0 Å². The lowest BCUT2D eigenvalue weighted by Gasteiger charge is -2.13. The Balaban J connectivity index is 2.45. The highest BCUT2D eigenvalue weighted by Gasteiger charge is 2.11. The van der Waals surface area contributed by atoms with Gasteiger partial charge in [-0.3, -0.25) is 4.57 Å². The Morgan fingerprint density at radius 3 is 3.20 bits per heavy atom. The molecule has 1 aromatic heterocycles. The van der Waals surface area contributed by atoms with Crippen molar-refractivity contribution in [2.45, 2.75) is 13.1 Å². The van der Waals surface area contributed by atoms with E-state index in [9.17, 15) is 0 Å². The monoisotopic (exact) mass is 139 g/mol. The van der Waals surface area contributed by atoms with Crippen molar-refractivity contribution >= 4 is 5.95 Å². The van der Waals surface area contributed by atoms with E-state index in [0.29, 0.717) is 5.95 Å². The molecule has 0 aromatic carbocycles. The molecule has 0 unspecified atom stereocenters. The lowest BCUT2D eigenvalue weighted by Crippen LogP contribution is -2.28. The predicted octanol–water partition coefficient (Wildman–Crippen LogP) is -1.04. The largest absolute Gasteiger partial charge is 0.368 e. The molecule has 0 radical (unpaired) electrons. The first-order chi connectivity index (χ1) is 4.88. The summed E-state index contributed by atoms with van der Waals surface area (Å²) in [5, 5.41) is 10.8. The first kappa shape index (κ1) is 5.67. The van der Waals surface area contributed by atoms with Crippen molar-refractivity contribution in [2.24, 2.45) is 0 Å². The van der Waals surface area contributed by atoms with Crippen LogP contribution in [-0.2, 0) is 13.1 Å². The van der Waals surface area contributed by atoms with Crippen molar-refractivity contribution in [2.75, 3.05) is 12.3 Å². The van der Waals surface area contributed by atoms with E-state index in [-0.39, 0.29) is 0 Å². The van der Waals surface area contributed by atoms with Crippen LogP contribution in [0.3, 0.4) is 0 Å². The zero-order chi connectivity index (χ0) is 6.97. The number of fused-ring (bicyclic) bond motifs is 1. The van der Waals surface area contributed by atoms with Crippen LogP contribution in [0.15, 0.2) is 0 Å². The van der Waals surface area contributed by atoms with Crippen LogP contribution in [0.2, 0.25) is 0 Å². The van der Waals surface area contributed by atoms with Crippen LogP contribution >= 0.6 is 0 Å². The molecule has 0 fully saturated rings. The fraction of sp³-hybridized carbons (Fsp3) is 0.600. The molecule has 0 aliphatic carbocycles. The van der Waals surface area contributed by atoms with Crippen molar-refractivity contribution in [1.29, 1.82) is 0 Å². The molecule has 0 saturated carbocycles. The van der Waals surface area contributed by atoms with Gasteiger partial charge in [-0.15, -0.1) is 10.2 Å². The normalized spacial score (nSPS) is 16.8. The van der Waals surface area contributed by atoms with E-state index >= 15 is 0 Å². The summed E-state index contributed by atoms with van der Waals surface area (Å²) in [6, 6.07) is 0. The van der Waals surface area contributed by atoms with Crippen LogP contribution in [0, 0.1) is 0 Å². The molecule has 0 amide bonds. The minimum Gasteiger partial charge on any atom is -0.368 e. The molecule has 0 atom stereocenters. The highest BCUT2D eigenvalue weighted by molar-refractivity contribution is 5.17. The van der Waals surface area contributed by atoms with Crippen molar-refractivity contribution in [3.63, 3.8) is 0 Å². The average Bonchev–Trinajstić information content (AvgIpc) is 2.34. The van der Waals surface area contributed by atoms with Crippen LogP contribution in [0.5, 0.6) is 0 Å². The molecular formula is C5H9N5. The van der Waals surface area contributed by atoms with E-state index in [2.05, 4.69) is 15.5 Å². The minimum absolute atomic E-state index is 0.525. The average molecular weight is 139 g/mol. The highest BCUT2D eigenvalue weighted by atomic mass is 15.3. The lowest BCUT2D eigenvalue weighted by atomic mass is 10.4. The second-order valence-corrected chi connectivity index (χ2v) is 2.30. The summed E-state index contributed by atoms with van der Waals surface area (Å²) < 4.78 is 1.93. The molecule has 2 heterocycles. The third-order valence-corrected chi connectivity index (χ3v) is 1.65. The third kappa shape index (κ3) is 0.672. The third-order valence-electron chi connectivity index (χ3n) is 1.65. The summed E-state index contributed by atoms with van der Waals surface area (Å²) in [6.07, 6.45) is 0. The Hall–Kier alpha value is -1.10. The van der Waals surface area contributed by atoms with Crippen molar-refractivity contribution < 1.29 is 0 Å². The van der Waals surface area contributed by atoms with Crippen molar-refractivity contribution in [1.82, 2.24) is 20.1 Å². The van der Waals surface area contributed by atoms with E-state index in [1.807, 2.05) is 4.57 Å². The molecule has 2 rings (SSSR count). The molecular weight excluding hydrogens is 130 g/mol. The molecule has 5 heteroatoms. The van der Waals surface area contributed by atoms with Gasteiger partial charge in [0.25, 0.3) is 0 Å². The molecule has 3 N–H and O–H groups in total. The second-order valence-electron chi connectivity index (χ2n) is 2.30. The Morgan fingerprint density at radius 2 is 2.40 bits per heavy atom. The first-order valence-electron chi connectivity index (χ1n) is 3.26. The fourth-order valence-corrected chi connectivity index (χ4v) is 1.11. The van der Waals surface area contributed by atoms with E-state index < -0.39 is 0 Å². The zero-order valence-electron chi connectivity index (χ0n) is 5.54. The van der Waals surface area contributed by atoms with Crippen molar-refractivity contribution in [3.8, 4) is 0 Å². The molecule has 1 aliphatic heterocycles. The van der Waals surface area contributed by atoms with Gasteiger partial charge in [0, 0.05) is 13.1 Å². The predicted molar refractivity (Wildman–Crippen MR) is 36.1 cm³/mol. The quantitative estimate of drug-likeness (QED) is 0.482. The summed E-state index contributed by atoms with van der Waals surface area (Å²) in [6.45, 7) is 2.62. The van der Waals surface area contributed by atoms with Crippen LogP contribution in [0.1, 0.15) is 5.82 Å². The Kier molecular flexibility index (Phi) is 1.10. The molecule has 0 bridgehead atoms. The van der Waals surface area contributed by atoms with Crippen LogP contribution < -0.4 is 11.1 Å². The fourth-order valence-electron chi connectivity index (χ4n) is 1.11. The molecule has 54 valence electrons. The second kappa shape index (κ2) is 1.95. The number of nitrogens with two attached hydrogens (primary N) is 1. The number of nitrogen functional groups attached to an aromatic ring is 1. The number of hydrogen-bond donors (Lipinski definition) is 2. The molecule has 0 spiro atoms. The van der Waals surface area contributed by atoms with E-state index in [4.69, 9.17) is 5.73 Å². The Labute approximate surface area is 58.2 Å². The van der Waals surface area contributed by atoms with Gasteiger partial charge in [-0.2, -0.15) is 0 Å².